The lowest BCUT2D eigenvalue weighted by molar-refractivity contribution is -0.132. The number of halogens is 1. The Morgan fingerprint density at radius 3 is 2.41 bits per heavy atom. The van der Waals surface area contributed by atoms with Crippen molar-refractivity contribution in [2.45, 2.75) is 18.9 Å². The highest BCUT2D eigenvalue weighted by Crippen LogP contribution is 2.26. The highest BCUT2D eigenvalue weighted by molar-refractivity contribution is 9.10. The quantitative estimate of drug-likeness (QED) is 0.723. The molecule has 0 unspecified atom stereocenters. The molecule has 0 atom stereocenters. The Morgan fingerprint density at radius 2 is 1.78 bits per heavy atom. The minimum atomic E-state index is -0.446. The fourth-order valence-corrected chi connectivity index (χ4v) is 3.58. The minimum absolute atomic E-state index is 0.0144. The molecule has 0 radical (unpaired) electrons. The molecular formula is C18H21BrN4O4. The Kier molecular flexibility index (Phi) is 5.50. The number of carbonyl (C=O) groups is 4. The van der Waals surface area contributed by atoms with Crippen LogP contribution in [0.4, 0.5) is 4.79 Å². The van der Waals surface area contributed by atoms with Gasteiger partial charge in [-0.15, -0.1) is 0 Å². The van der Waals surface area contributed by atoms with Crippen LogP contribution < -0.4 is 5.32 Å². The zero-order chi connectivity index (χ0) is 19.7. The first-order valence-corrected chi connectivity index (χ1v) is 9.48. The first-order valence-electron chi connectivity index (χ1n) is 8.69. The molecule has 1 fully saturated rings. The van der Waals surface area contributed by atoms with Crippen molar-refractivity contribution in [3.63, 3.8) is 0 Å². The van der Waals surface area contributed by atoms with Crippen molar-refractivity contribution in [2.75, 3.05) is 33.7 Å². The molecule has 9 heteroatoms. The number of urea groups is 1. The van der Waals surface area contributed by atoms with E-state index in [2.05, 4.69) is 21.2 Å². The van der Waals surface area contributed by atoms with Crippen LogP contribution in [0.1, 0.15) is 33.6 Å². The molecule has 27 heavy (non-hydrogen) atoms. The maximum Gasteiger partial charge on any atom is 0.317 e. The lowest BCUT2D eigenvalue weighted by Crippen LogP contribution is -2.51. The van der Waals surface area contributed by atoms with Crippen LogP contribution in [-0.2, 0) is 4.79 Å². The topological polar surface area (TPSA) is 90.0 Å². The number of carbonyl (C=O) groups excluding carboxylic acids is 4. The van der Waals surface area contributed by atoms with Crippen molar-refractivity contribution in [2.24, 2.45) is 0 Å². The summed E-state index contributed by atoms with van der Waals surface area (Å²) in [6.45, 7) is 0.691. The molecule has 0 saturated carbocycles. The number of hydrogen-bond acceptors (Lipinski definition) is 4. The van der Waals surface area contributed by atoms with Crippen LogP contribution in [0.25, 0.3) is 0 Å². The summed E-state index contributed by atoms with van der Waals surface area (Å²) in [7, 11) is 3.35. The Hall–Kier alpha value is -2.42. The SMILES string of the molecule is CN(C)C(=O)NC1CCN(C(=O)CN2C(=O)c3ccc(Br)cc3C2=O)CC1. The molecular weight excluding hydrogens is 416 g/mol. The molecule has 0 bridgehead atoms. The van der Waals surface area contributed by atoms with Gasteiger partial charge in [-0.1, -0.05) is 15.9 Å². The van der Waals surface area contributed by atoms with Crippen molar-refractivity contribution >= 4 is 39.7 Å². The van der Waals surface area contributed by atoms with E-state index in [0.717, 1.165) is 4.90 Å². The third kappa shape index (κ3) is 3.97. The van der Waals surface area contributed by atoms with E-state index in [1.165, 1.54) is 4.90 Å². The molecule has 2 aliphatic heterocycles. The molecule has 3 rings (SSSR count). The molecule has 1 N–H and O–H groups in total. The van der Waals surface area contributed by atoms with Gasteiger partial charge in [0, 0.05) is 37.7 Å². The third-order valence-electron chi connectivity index (χ3n) is 4.81. The van der Waals surface area contributed by atoms with Crippen molar-refractivity contribution in [3.05, 3.63) is 33.8 Å². The highest BCUT2D eigenvalue weighted by atomic mass is 79.9. The molecule has 5 amide bonds. The Labute approximate surface area is 165 Å². The van der Waals surface area contributed by atoms with E-state index in [9.17, 15) is 19.2 Å². The van der Waals surface area contributed by atoms with Gasteiger partial charge in [0.2, 0.25) is 5.91 Å². The number of amides is 5. The summed E-state index contributed by atoms with van der Waals surface area (Å²) in [5.74, 6) is -1.15. The summed E-state index contributed by atoms with van der Waals surface area (Å²) in [6, 6.07) is 4.74. The van der Waals surface area contributed by atoms with Crippen LogP contribution in [0.3, 0.4) is 0 Å². The predicted octanol–water partition coefficient (Wildman–Crippen LogP) is 1.31. The summed E-state index contributed by atoms with van der Waals surface area (Å²) in [5, 5.41) is 2.91. The molecule has 0 aromatic heterocycles. The summed E-state index contributed by atoms with van der Waals surface area (Å²) in [4.78, 5) is 53.3. The number of benzene rings is 1. The van der Waals surface area contributed by atoms with E-state index in [4.69, 9.17) is 0 Å². The van der Waals surface area contributed by atoms with Crippen molar-refractivity contribution in [3.8, 4) is 0 Å². The van der Waals surface area contributed by atoms with Gasteiger partial charge in [-0.2, -0.15) is 0 Å². The van der Waals surface area contributed by atoms with Gasteiger partial charge >= 0.3 is 6.03 Å². The Bertz CT molecular complexity index is 803. The van der Waals surface area contributed by atoms with E-state index < -0.39 is 11.8 Å². The Balaban J connectivity index is 1.57. The van der Waals surface area contributed by atoms with Crippen molar-refractivity contribution < 1.29 is 19.2 Å². The van der Waals surface area contributed by atoms with Gasteiger partial charge in [-0.3, -0.25) is 19.3 Å². The second-order valence-electron chi connectivity index (χ2n) is 6.89. The van der Waals surface area contributed by atoms with Gasteiger partial charge in [0.05, 0.1) is 11.1 Å². The Morgan fingerprint density at radius 1 is 1.15 bits per heavy atom. The van der Waals surface area contributed by atoms with Gasteiger partial charge in [0.25, 0.3) is 11.8 Å². The number of nitrogens with one attached hydrogen (secondary N) is 1. The summed E-state index contributed by atoms with van der Waals surface area (Å²) in [6.07, 6.45) is 1.28. The molecule has 2 aliphatic rings. The van der Waals surface area contributed by atoms with E-state index in [1.807, 2.05) is 0 Å². The van der Waals surface area contributed by atoms with Gasteiger partial charge in [-0.25, -0.2) is 4.79 Å². The monoisotopic (exact) mass is 436 g/mol. The standard InChI is InChI=1S/C18H21BrN4O4/c1-21(2)18(27)20-12-5-7-22(8-6-12)15(24)10-23-16(25)13-4-3-11(19)9-14(13)17(23)26/h3-4,9,12H,5-8,10H2,1-2H3,(H,20,27). The number of piperidine rings is 1. The summed E-state index contributed by atoms with van der Waals surface area (Å²) < 4.78 is 0.706. The molecule has 1 aromatic rings. The zero-order valence-electron chi connectivity index (χ0n) is 15.2. The van der Waals surface area contributed by atoms with Gasteiger partial charge in [-0.05, 0) is 31.0 Å². The first kappa shape index (κ1) is 19.3. The van der Waals surface area contributed by atoms with Crippen LogP contribution >= 0.6 is 15.9 Å². The minimum Gasteiger partial charge on any atom is -0.341 e. The number of hydrogen-bond donors (Lipinski definition) is 1. The fraction of sp³-hybridized carbons (Fsp3) is 0.444. The predicted molar refractivity (Wildman–Crippen MR) is 101 cm³/mol. The van der Waals surface area contributed by atoms with Crippen LogP contribution in [-0.4, -0.2) is 78.2 Å². The maximum absolute atomic E-state index is 12.6. The number of imide groups is 1. The van der Waals surface area contributed by atoms with Crippen LogP contribution in [0.5, 0.6) is 0 Å². The molecule has 1 saturated heterocycles. The van der Waals surface area contributed by atoms with Gasteiger partial charge in [0.1, 0.15) is 6.54 Å². The van der Waals surface area contributed by atoms with E-state index >= 15 is 0 Å². The lowest BCUT2D eigenvalue weighted by atomic mass is 10.1. The smallest absolute Gasteiger partial charge is 0.317 e. The average molecular weight is 437 g/mol. The fourth-order valence-electron chi connectivity index (χ4n) is 3.22. The number of rotatable bonds is 3. The highest BCUT2D eigenvalue weighted by Gasteiger charge is 2.37. The second-order valence-corrected chi connectivity index (χ2v) is 7.80. The van der Waals surface area contributed by atoms with Gasteiger partial charge in [0.15, 0.2) is 0 Å². The number of fused-ring (bicyclic) bond motifs is 1. The first-order chi connectivity index (χ1) is 12.8. The number of likely N-dealkylation sites (tertiary alicyclic amines) is 1. The average Bonchev–Trinajstić information content (AvgIpc) is 2.86. The third-order valence-corrected chi connectivity index (χ3v) is 5.30. The van der Waals surface area contributed by atoms with E-state index in [0.29, 0.717) is 41.5 Å². The maximum atomic E-state index is 12.6. The van der Waals surface area contributed by atoms with Crippen LogP contribution in [0.2, 0.25) is 0 Å². The van der Waals surface area contributed by atoms with Crippen LogP contribution in [0, 0.1) is 0 Å². The zero-order valence-corrected chi connectivity index (χ0v) is 16.8. The van der Waals surface area contributed by atoms with Crippen molar-refractivity contribution in [1.29, 1.82) is 0 Å². The molecule has 2 heterocycles. The number of nitrogens with zero attached hydrogens (tertiary/aromatic N) is 3. The van der Waals surface area contributed by atoms with Gasteiger partial charge < -0.3 is 15.1 Å². The lowest BCUT2D eigenvalue weighted by Gasteiger charge is -2.33. The molecule has 0 spiro atoms. The summed E-state index contributed by atoms with van der Waals surface area (Å²) >= 11 is 3.29. The van der Waals surface area contributed by atoms with Crippen LogP contribution in [0.15, 0.2) is 22.7 Å². The van der Waals surface area contributed by atoms with E-state index in [1.54, 1.807) is 37.2 Å². The van der Waals surface area contributed by atoms with Crippen molar-refractivity contribution in [1.82, 2.24) is 20.0 Å². The summed E-state index contributed by atoms with van der Waals surface area (Å²) in [5.41, 5.74) is 0.633. The molecule has 1 aromatic carbocycles. The molecule has 144 valence electrons. The molecule has 0 aliphatic carbocycles. The van der Waals surface area contributed by atoms with E-state index in [-0.39, 0.29) is 24.5 Å². The normalized spacial score (nSPS) is 17.1. The largest absolute Gasteiger partial charge is 0.341 e. The molecule has 8 nitrogen and oxygen atoms in total. The second kappa shape index (κ2) is 7.67.